The van der Waals surface area contributed by atoms with Gasteiger partial charge in [-0.1, -0.05) is 5.16 Å². The van der Waals surface area contributed by atoms with Crippen LogP contribution in [0.5, 0.6) is 5.75 Å². The predicted octanol–water partition coefficient (Wildman–Crippen LogP) is 1.98. The molecule has 0 unspecified atom stereocenters. The van der Waals surface area contributed by atoms with Crippen molar-refractivity contribution in [3.05, 3.63) is 47.9 Å². The molecule has 1 atom stereocenters. The zero-order valence-electron chi connectivity index (χ0n) is 13.8. The van der Waals surface area contributed by atoms with Crippen LogP contribution >= 0.6 is 0 Å². The minimum Gasteiger partial charge on any atom is -0.497 e. The van der Waals surface area contributed by atoms with E-state index < -0.39 is 0 Å². The lowest BCUT2D eigenvalue weighted by molar-refractivity contribution is 0.00755. The number of morpholine rings is 1. The van der Waals surface area contributed by atoms with Crippen LogP contribution in [0.4, 0.5) is 0 Å². The van der Waals surface area contributed by atoms with Crippen molar-refractivity contribution in [3.8, 4) is 17.2 Å². The van der Waals surface area contributed by atoms with Crippen LogP contribution in [0.25, 0.3) is 11.5 Å². The fourth-order valence-corrected chi connectivity index (χ4v) is 2.61. The highest BCUT2D eigenvalue weighted by atomic mass is 16.5. The monoisotopic (exact) mass is 342 g/mol. The maximum Gasteiger partial charge on any atom is 0.257 e. The maximum atomic E-state index is 5.61. The molecule has 0 radical (unpaired) electrons. The van der Waals surface area contributed by atoms with Gasteiger partial charge in [0, 0.05) is 18.7 Å². The molecule has 8 heteroatoms. The van der Waals surface area contributed by atoms with E-state index in [0.29, 0.717) is 37.2 Å². The first-order valence-corrected chi connectivity index (χ1v) is 8.05. The Labute approximate surface area is 144 Å². The molecule has 0 bridgehead atoms. The van der Waals surface area contributed by atoms with Crippen LogP contribution in [0.1, 0.15) is 23.5 Å². The zero-order valence-corrected chi connectivity index (χ0v) is 13.8. The molecule has 0 aliphatic carbocycles. The van der Waals surface area contributed by atoms with Crippen molar-refractivity contribution in [2.75, 3.05) is 26.8 Å². The Morgan fingerprint density at radius 3 is 2.88 bits per heavy atom. The molecule has 25 heavy (non-hydrogen) atoms. The second-order valence-electron chi connectivity index (χ2n) is 5.66. The molecular weight excluding hydrogens is 324 g/mol. The van der Waals surface area contributed by atoms with Crippen LogP contribution in [0, 0.1) is 0 Å². The molecular formula is C17H18N4O4. The first kappa shape index (κ1) is 15.8. The van der Waals surface area contributed by atoms with Crippen molar-refractivity contribution < 1.29 is 18.4 Å². The average molecular weight is 342 g/mol. The number of hydrogen-bond acceptors (Lipinski definition) is 8. The molecule has 1 aromatic carbocycles. The molecule has 2 aromatic heterocycles. The highest BCUT2D eigenvalue weighted by Crippen LogP contribution is 2.23. The van der Waals surface area contributed by atoms with Gasteiger partial charge in [-0.25, -0.2) is 4.98 Å². The summed E-state index contributed by atoms with van der Waals surface area (Å²) in [7, 11) is 1.63. The van der Waals surface area contributed by atoms with Crippen molar-refractivity contribution >= 4 is 0 Å². The summed E-state index contributed by atoms with van der Waals surface area (Å²) in [5.74, 6) is 2.37. The van der Waals surface area contributed by atoms with Crippen molar-refractivity contribution in [2.24, 2.45) is 0 Å². The highest BCUT2D eigenvalue weighted by molar-refractivity contribution is 5.54. The Hall–Kier alpha value is -2.71. The van der Waals surface area contributed by atoms with Crippen molar-refractivity contribution in [3.63, 3.8) is 0 Å². The third-order valence-electron chi connectivity index (χ3n) is 3.91. The van der Waals surface area contributed by atoms with Gasteiger partial charge in [-0.05, 0) is 24.3 Å². The normalized spacial score (nSPS) is 17.6. The fraction of sp³-hybridized carbons (Fsp3) is 0.353. The van der Waals surface area contributed by atoms with Gasteiger partial charge in [-0.3, -0.25) is 0 Å². The van der Waals surface area contributed by atoms with E-state index in [0.717, 1.165) is 23.6 Å². The number of benzene rings is 1. The minimum atomic E-state index is -0.192. The summed E-state index contributed by atoms with van der Waals surface area (Å²) >= 11 is 0. The zero-order chi connectivity index (χ0) is 17.1. The number of ether oxygens (including phenoxy) is 2. The van der Waals surface area contributed by atoms with E-state index in [9.17, 15) is 0 Å². The summed E-state index contributed by atoms with van der Waals surface area (Å²) in [6, 6.07) is 7.52. The van der Waals surface area contributed by atoms with E-state index in [1.165, 1.54) is 0 Å². The Morgan fingerprint density at radius 2 is 2.12 bits per heavy atom. The molecule has 1 aliphatic heterocycles. The fourth-order valence-electron chi connectivity index (χ4n) is 2.61. The molecule has 0 amide bonds. The first-order chi connectivity index (χ1) is 12.3. The van der Waals surface area contributed by atoms with E-state index in [-0.39, 0.29) is 6.10 Å². The summed E-state index contributed by atoms with van der Waals surface area (Å²) in [6.07, 6.45) is 1.85. The molecule has 4 rings (SSSR count). The number of nitrogens with zero attached hydrogens (tertiary/aromatic N) is 3. The molecule has 3 aromatic rings. The van der Waals surface area contributed by atoms with Crippen LogP contribution in [0.15, 0.2) is 39.5 Å². The van der Waals surface area contributed by atoms with Gasteiger partial charge in [0.1, 0.15) is 18.1 Å². The van der Waals surface area contributed by atoms with Crippen molar-refractivity contribution in [2.45, 2.75) is 12.5 Å². The van der Waals surface area contributed by atoms with Gasteiger partial charge in [0.05, 0.1) is 25.8 Å². The Balaban J connectivity index is 1.44. The van der Waals surface area contributed by atoms with E-state index in [1.54, 1.807) is 13.4 Å². The number of rotatable bonds is 5. The lowest BCUT2D eigenvalue weighted by Crippen LogP contribution is -2.33. The summed E-state index contributed by atoms with van der Waals surface area (Å²) in [5, 5.41) is 7.23. The van der Waals surface area contributed by atoms with Crippen LogP contribution in [-0.2, 0) is 11.2 Å². The van der Waals surface area contributed by atoms with Crippen molar-refractivity contribution in [1.29, 1.82) is 0 Å². The molecule has 8 nitrogen and oxygen atoms in total. The SMILES string of the molecule is COc1ccc(-c2nc(Cc3noc([C@H]4CNCCO4)n3)co2)cc1. The van der Waals surface area contributed by atoms with Gasteiger partial charge in [-0.15, -0.1) is 0 Å². The molecule has 130 valence electrons. The predicted molar refractivity (Wildman–Crippen MR) is 87.2 cm³/mol. The molecule has 0 saturated carbocycles. The van der Waals surface area contributed by atoms with E-state index in [1.807, 2.05) is 24.3 Å². The van der Waals surface area contributed by atoms with Crippen LogP contribution in [0.2, 0.25) is 0 Å². The second kappa shape index (κ2) is 7.04. The van der Waals surface area contributed by atoms with Gasteiger partial charge < -0.3 is 23.7 Å². The van der Waals surface area contributed by atoms with E-state index >= 15 is 0 Å². The molecule has 1 N–H and O–H groups in total. The summed E-state index contributed by atoms with van der Waals surface area (Å²) in [5.41, 5.74) is 1.61. The Kier molecular flexibility index (Phi) is 4.45. The molecule has 1 saturated heterocycles. The number of hydrogen-bond donors (Lipinski definition) is 1. The summed E-state index contributed by atoms with van der Waals surface area (Å²) in [6.45, 7) is 2.15. The average Bonchev–Trinajstić information content (AvgIpc) is 3.33. The van der Waals surface area contributed by atoms with Gasteiger partial charge in [-0.2, -0.15) is 4.98 Å². The third kappa shape index (κ3) is 3.54. The molecule has 3 heterocycles. The number of methoxy groups -OCH3 is 1. The van der Waals surface area contributed by atoms with Gasteiger partial charge in [0.2, 0.25) is 5.89 Å². The minimum absolute atomic E-state index is 0.192. The van der Waals surface area contributed by atoms with Crippen molar-refractivity contribution in [1.82, 2.24) is 20.4 Å². The standard InChI is InChI=1S/C17H18N4O4/c1-22-13-4-2-11(3-5-13)16-19-12(10-24-16)8-15-20-17(25-21-15)14-9-18-6-7-23-14/h2-5,10,14,18H,6-9H2,1H3/t14-/m1/s1. The lowest BCUT2D eigenvalue weighted by atomic mass is 10.2. The van der Waals surface area contributed by atoms with Crippen LogP contribution in [-0.4, -0.2) is 41.9 Å². The van der Waals surface area contributed by atoms with Gasteiger partial charge in [0.15, 0.2) is 5.82 Å². The third-order valence-corrected chi connectivity index (χ3v) is 3.91. The Morgan fingerprint density at radius 1 is 1.24 bits per heavy atom. The number of oxazole rings is 1. The Bertz CT molecular complexity index is 821. The topological polar surface area (TPSA) is 95.4 Å². The first-order valence-electron chi connectivity index (χ1n) is 8.05. The molecule has 0 spiro atoms. The number of aromatic nitrogens is 3. The maximum absolute atomic E-state index is 5.61. The second-order valence-corrected chi connectivity index (χ2v) is 5.66. The van der Waals surface area contributed by atoms with Crippen LogP contribution in [0.3, 0.4) is 0 Å². The number of nitrogens with one attached hydrogen (secondary N) is 1. The van der Waals surface area contributed by atoms with Crippen LogP contribution < -0.4 is 10.1 Å². The molecule has 1 fully saturated rings. The smallest absolute Gasteiger partial charge is 0.257 e. The lowest BCUT2D eigenvalue weighted by Gasteiger charge is -2.19. The summed E-state index contributed by atoms with van der Waals surface area (Å²) in [4.78, 5) is 8.87. The van der Waals surface area contributed by atoms with Gasteiger partial charge in [0.25, 0.3) is 5.89 Å². The highest BCUT2D eigenvalue weighted by Gasteiger charge is 2.22. The van der Waals surface area contributed by atoms with Gasteiger partial charge >= 0.3 is 0 Å². The quantitative estimate of drug-likeness (QED) is 0.752. The van der Waals surface area contributed by atoms with E-state index in [4.69, 9.17) is 18.4 Å². The molecule has 1 aliphatic rings. The largest absolute Gasteiger partial charge is 0.497 e. The van der Waals surface area contributed by atoms with E-state index in [2.05, 4.69) is 20.4 Å². The summed E-state index contributed by atoms with van der Waals surface area (Å²) < 4.78 is 21.6.